The molecule has 0 aliphatic carbocycles. The van der Waals surface area contributed by atoms with Gasteiger partial charge in [0.05, 0.1) is 0 Å². The van der Waals surface area contributed by atoms with Gasteiger partial charge in [0, 0.05) is 5.56 Å². The van der Waals surface area contributed by atoms with Crippen LogP contribution in [-0.2, 0) is 10.8 Å². The topological polar surface area (TPSA) is 20.2 Å². The van der Waals surface area contributed by atoms with Gasteiger partial charge in [-0.25, -0.2) is 0 Å². The molecule has 2 aromatic rings. The first-order valence-corrected chi connectivity index (χ1v) is 7.54. The number of phenols is 1. The molecule has 0 atom stereocenters. The zero-order valence-corrected chi connectivity index (χ0v) is 14.0. The molecule has 2 aromatic carbocycles. The largest absolute Gasteiger partial charge is 0.507 e. The first kappa shape index (κ1) is 15.6. The van der Waals surface area contributed by atoms with Crippen LogP contribution in [0.5, 0.6) is 5.75 Å². The fourth-order valence-corrected chi connectivity index (χ4v) is 2.80. The van der Waals surface area contributed by atoms with E-state index in [2.05, 4.69) is 65.8 Å². The number of aromatic hydroxyl groups is 1. The molecule has 0 heterocycles. The zero-order chi connectivity index (χ0) is 15.8. The Labute approximate surface area is 128 Å². The Kier molecular flexibility index (Phi) is 3.88. The highest BCUT2D eigenvalue weighted by molar-refractivity contribution is 5.78. The summed E-state index contributed by atoms with van der Waals surface area (Å²) < 4.78 is 0. The van der Waals surface area contributed by atoms with Gasteiger partial charge in [0.15, 0.2) is 0 Å². The first-order chi connectivity index (χ1) is 9.62. The summed E-state index contributed by atoms with van der Waals surface area (Å²) in [5.41, 5.74) is 4.56. The monoisotopic (exact) mass is 282 g/mol. The van der Waals surface area contributed by atoms with Gasteiger partial charge in [0.25, 0.3) is 0 Å². The second-order valence-electron chi connectivity index (χ2n) is 7.75. The SMILES string of the molecule is CC(C)(C)c1ccccc1-c1c(O)cccc1C(C)(C)C. The average molecular weight is 282 g/mol. The number of hydrogen-bond donors (Lipinski definition) is 1. The van der Waals surface area contributed by atoms with Crippen LogP contribution in [-0.4, -0.2) is 5.11 Å². The lowest BCUT2D eigenvalue weighted by Crippen LogP contribution is -2.16. The predicted molar refractivity (Wildman–Crippen MR) is 90.9 cm³/mol. The molecule has 2 rings (SSSR count). The molecule has 0 spiro atoms. The Bertz CT molecular complexity index is 640. The molecule has 0 aliphatic rings. The zero-order valence-electron chi connectivity index (χ0n) is 14.0. The summed E-state index contributed by atoms with van der Waals surface area (Å²) in [6.45, 7) is 13.2. The van der Waals surface area contributed by atoms with E-state index in [-0.39, 0.29) is 10.8 Å². The highest BCUT2D eigenvalue weighted by atomic mass is 16.3. The highest BCUT2D eigenvalue weighted by Gasteiger charge is 2.25. The van der Waals surface area contributed by atoms with Gasteiger partial charge in [-0.15, -0.1) is 0 Å². The summed E-state index contributed by atoms with van der Waals surface area (Å²) >= 11 is 0. The Morgan fingerprint density at radius 3 is 1.76 bits per heavy atom. The third kappa shape index (κ3) is 3.12. The molecular formula is C20H26O. The van der Waals surface area contributed by atoms with Gasteiger partial charge in [0.2, 0.25) is 0 Å². The lowest BCUT2D eigenvalue weighted by atomic mass is 9.76. The summed E-state index contributed by atoms with van der Waals surface area (Å²) in [6, 6.07) is 14.2. The van der Waals surface area contributed by atoms with Crippen LogP contribution in [0.3, 0.4) is 0 Å². The molecule has 0 saturated carbocycles. The third-order valence-corrected chi connectivity index (χ3v) is 3.85. The van der Waals surface area contributed by atoms with Crippen molar-refractivity contribution < 1.29 is 5.11 Å². The van der Waals surface area contributed by atoms with E-state index in [1.54, 1.807) is 6.07 Å². The van der Waals surface area contributed by atoms with Crippen LogP contribution in [0.1, 0.15) is 52.7 Å². The van der Waals surface area contributed by atoms with Gasteiger partial charge in [-0.05, 0) is 33.6 Å². The van der Waals surface area contributed by atoms with Crippen molar-refractivity contribution in [3.63, 3.8) is 0 Å². The van der Waals surface area contributed by atoms with Crippen molar-refractivity contribution in [2.75, 3.05) is 0 Å². The summed E-state index contributed by atoms with van der Waals surface area (Å²) in [5.74, 6) is 0.360. The Balaban J connectivity index is 2.81. The summed E-state index contributed by atoms with van der Waals surface area (Å²) in [6.07, 6.45) is 0. The van der Waals surface area contributed by atoms with Crippen LogP contribution < -0.4 is 0 Å². The van der Waals surface area contributed by atoms with Gasteiger partial charge in [-0.2, -0.15) is 0 Å². The van der Waals surface area contributed by atoms with E-state index in [9.17, 15) is 5.11 Å². The molecule has 21 heavy (non-hydrogen) atoms. The molecule has 0 amide bonds. The lowest BCUT2D eigenvalue weighted by molar-refractivity contribution is 0.473. The van der Waals surface area contributed by atoms with E-state index in [4.69, 9.17) is 0 Å². The van der Waals surface area contributed by atoms with Crippen molar-refractivity contribution in [2.45, 2.75) is 52.4 Å². The molecule has 0 saturated heterocycles. The molecule has 0 aliphatic heterocycles. The first-order valence-electron chi connectivity index (χ1n) is 7.54. The summed E-state index contributed by atoms with van der Waals surface area (Å²) in [5, 5.41) is 10.5. The van der Waals surface area contributed by atoms with Gasteiger partial charge in [0.1, 0.15) is 5.75 Å². The van der Waals surface area contributed by atoms with Crippen LogP contribution >= 0.6 is 0 Å². The van der Waals surface area contributed by atoms with E-state index in [0.29, 0.717) is 5.75 Å². The van der Waals surface area contributed by atoms with Gasteiger partial charge in [-0.1, -0.05) is 77.9 Å². The quantitative estimate of drug-likeness (QED) is 0.716. The summed E-state index contributed by atoms with van der Waals surface area (Å²) in [7, 11) is 0. The maximum absolute atomic E-state index is 10.5. The standard InChI is InChI=1S/C20H26O/c1-19(2,3)15-11-8-7-10-14(15)18-16(20(4,5)6)12-9-13-17(18)21/h7-13,21H,1-6H3. The van der Waals surface area contributed by atoms with E-state index >= 15 is 0 Å². The normalized spacial score (nSPS) is 12.5. The minimum atomic E-state index is -0.0148. The fourth-order valence-electron chi connectivity index (χ4n) is 2.80. The number of hydrogen-bond acceptors (Lipinski definition) is 1. The van der Waals surface area contributed by atoms with E-state index in [1.165, 1.54) is 11.1 Å². The Hall–Kier alpha value is -1.76. The maximum Gasteiger partial charge on any atom is 0.123 e. The van der Waals surface area contributed by atoms with Crippen LogP contribution in [0.25, 0.3) is 11.1 Å². The number of phenolic OH excluding ortho intramolecular Hbond substituents is 1. The lowest BCUT2D eigenvalue weighted by Gasteiger charge is -2.28. The molecular weight excluding hydrogens is 256 g/mol. The molecule has 1 N–H and O–H groups in total. The van der Waals surface area contributed by atoms with Gasteiger partial charge >= 0.3 is 0 Å². The van der Waals surface area contributed by atoms with Crippen molar-refractivity contribution >= 4 is 0 Å². The van der Waals surface area contributed by atoms with E-state index in [0.717, 1.165) is 11.1 Å². The molecule has 0 fully saturated rings. The molecule has 0 radical (unpaired) electrons. The smallest absolute Gasteiger partial charge is 0.123 e. The second-order valence-corrected chi connectivity index (χ2v) is 7.75. The van der Waals surface area contributed by atoms with Crippen molar-refractivity contribution in [2.24, 2.45) is 0 Å². The number of benzene rings is 2. The Morgan fingerprint density at radius 2 is 1.19 bits per heavy atom. The molecule has 1 heteroatoms. The molecule has 1 nitrogen and oxygen atoms in total. The third-order valence-electron chi connectivity index (χ3n) is 3.85. The number of rotatable bonds is 1. The molecule has 0 bridgehead atoms. The van der Waals surface area contributed by atoms with E-state index in [1.807, 2.05) is 12.1 Å². The molecule has 112 valence electrons. The minimum Gasteiger partial charge on any atom is -0.507 e. The second kappa shape index (κ2) is 5.22. The van der Waals surface area contributed by atoms with Gasteiger partial charge < -0.3 is 5.11 Å². The average Bonchev–Trinajstić information content (AvgIpc) is 2.36. The highest BCUT2D eigenvalue weighted by Crippen LogP contribution is 2.42. The molecule has 0 unspecified atom stereocenters. The minimum absolute atomic E-state index is 0.0148. The van der Waals surface area contributed by atoms with E-state index < -0.39 is 0 Å². The Morgan fingerprint density at radius 1 is 0.667 bits per heavy atom. The van der Waals surface area contributed by atoms with Crippen LogP contribution in [0, 0.1) is 0 Å². The van der Waals surface area contributed by atoms with Crippen LogP contribution in [0.2, 0.25) is 0 Å². The predicted octanol–water partition coefficient (Wildman–Crippen LogP) is 5.65. The van der Waals surface area contributed by atoms with Crippen molar-refractivity contribution in [3.8, 4) is 16.9 Å². The van der Waals surface area contributed by atoms with Crippen LogP contribution in [0.15, 0.2) is 42.5 Å². The maximum atomic E-state index is 10.5. The fraction of sp³-hybridized carbons (Fsp3) is 0.400. The van der Waals surface area contributed by atoms with Gasteiger partial charge in [-0.3, -0.25) is 0 Å². The van der Waals surface area contributed by atoms with Crippen molar-refractivity contribution in [1.29, 1.82) is 0 Å². The van der Waals surface area contributed by atoms with Crippen LogP contribution in [0.4, 0.5) is 0 Å². The summed E-state index contributed by atoms with van der Waals surface area (Å²) in [4.78, 5) is 0. The van der Waals surface area contributed by atoms with Crippen molar-refractivity contribution in [3.05, 3.63) is 53.6 Å². The molecule has 0 aromatic heterocycles. The van der Waals surface area contributed by atoms with Crippen molar-refractivity contribution in [1.82, 2.24) is 0 Å².